The molecule has 10 aromatic rings. The number of rotatable bonds is 8. The highest BCUT2D eigenvalue weighted by Gasteiger charge is 2.30. The number of hydrogen-bond acceptors (Lipinski definition) is 10. The summed E-state index contributed by atoms with van der Waals surface area (Å²) in [5.74, 6) is 0.243. The maximum atomic E-state index is 13.0. The predicted molar refractivity (Wildman–Crippen MR) is 253 cm³/mol. The number of aromatic nitrogens is 2. The first-order valence-corrected chi connectivity index (χ1v) is 23.1. The van der Waals surface area contributed by atoms with Crippen LogP contribution < -0.4 is 20.9 Å². The van der Waals surface area contributed by atoms with E-state index in [2.05, 4.69) is 0 Å². The molecule has 0 atom stereocenters. The van der Waals surface area contributed by atoms with Crippen LogP contribution >= 0.6 is 0 Å². The van der Waals surface area contributed by atoms with Gasteiger partial charge in [0.25, 0.3) is 20.2 Å². The fourth-order valence-corrected chi connectivity index (χ4v) is 10.0. The number of benzene rings is 8. The third-order valence-electron chi connectivity index (χ3n) is 11.7. The van der Waals surface area contributed by atoms with Crippen LogP contribution in [0.25, 0.3) is 77.0 Å². The van der Waals surface area contributed by atoms with E-state index >= 15 is 0 Å². The van der Waals surface area contributed by atoms with Crippen molar-refractivity contribution in [2.45, 2.75) is 16.2 Å². The summed E-state index contributed by atoms with van der Waals surface area (Å²) < 4.78 is 86.0. The Morgan fingerprint density at radius 2 is 0.846 bits per heavy atom. The van der Waals surface area contributed by atoms with Gasteiger partial charge in [0.2, 0.25) is 0 Å². The van der Waals surface area contributed by atoms with Crippen LogP contribution in [-0.2, 0) is 26.7 Å². The molecule has 6 N–H and O–H groups in total. The maximum absolute atomic E-state index is 13.0. The largest absolute Gasteiger partial charge is 0.456 e. The Morgan fingerprint density at radius 1 is 0.446 bits per heavy atom. The van der Waals surface area contributed by atoms with Gasteiger partial charge in [0, 0.05) is 44.0 Å². The molecule has 1 aliphatic rings. The number of nitrogens with zero attached hydrogens (tertiary/aromatic N) is 2. The molecule has 0 amide bonds. The minimum absolute atomic E-state index is 0.151. The zero-order valence-corrected chi connectivity index (χ0v) is 35.6. The highest BCUT2D eigenvalue weighted by atomic mass is 32.2. The highest BCUT2D eigenvalue weighted by Crippen LogP contribution is 2.47. The molecule has 8 aromatic carbocycles. The molecule has 14 heteroatoms. The lowest BCUT2D eigenvalue weighted by molar-refractivity contribution is 0.448. The summed E-state index contributed by atoms with van der Waals surface area (Å²) in [6.45, 7) is 0. The average molecular weight is 895 g/mol. The normalized spacial score (nSPS) is 12.5. The monoisotopic (exact) mass is 894 g/mol. The van der Waals surface area contributed by atoms with E-state index in [1.54, 1.807) is 36.4 Å². The van der Waals surface area contributed by atoms with E-state index in [1.165, 1.54) is 24.3 Å². The van der Waals surface area contributed by atoms with Gasteiger partial charge in [-0.1, -0.05) is 72.8 Å². The molecule has 0 saturated carbocycles. The number of nitrogens with two attached hydrogens (primary N) is 2. The Hall–Kier alpha value is -7.88. The van der Waals surface area contributed by atoms with Crippen LogP contribution in [0, 0.1) is 0 Å². The van der Waals surface area contributed by atoms with Gasteiger partial charge in [0.15, 0.2) is 0 Å². The number of fused-ring (bicyclic) bond motifs is 9. The van der Waals surface area contributed by atoms with Gasteiger partial charge in [-0.15, -0.1) is 0 Å². The van der Waals surface area contributed by atoms with Gasteiger partial charge in [0.1, 0.15) is 32.8 Å². The quantitative estimate of drug-likeness (QED) is 0.0639. The van der Waals surface area contributed by atoms with Crippen LogP contribution in [-0.4, -0.2) is 35.9 Å². The Labute approximate surface area is 371 Å². The number of ether oxygens (including phenoxy) is 2. The van der Waals surface area contributed by atoms with E-state index in [-0.39, 0.29) is 29.4 Å². The second kappa shape index (κ2) is 14.9. The molecule has 12 nitrogen and oxygen atoms in total. The molecular formula is C51H34N4O8S2. The number of pyridine rings is 2. The third-order valence-corrected chi connectivity index (χ3v) is 13.4. The number of anilines is 2. The summed E-state index contributed by atoms with van der Waals surface area (Å²) in [7, 11) is -9.80. The smallest absolute Gasteiger partial charge is 0.298 e. The molecule has 0 bridgehead atoms. The van der Waals surface area contributed by atoms with Crippen LogP contribution in [0.5, 0.6) is 23.0 Å². The van der Waals surface area contributed by atoms with Crippen LogP contribution in [0.4, 0.5) is 11.4 Å². The van der Waals surface area contributed by atoms with Crippen molar-refractivity contribution >= 4 is 75.0 Å². The van der Waals surface area contributed by atoms with E-state index in [0.29, 0.717) is 56.0 Å². The van der Waals surface area contributed by atoms with Gasteiger partial charge in [0.05, 0.1) is 22.4 Å². The minimum atomic E-state index is -4.90. The highest BCUT2D eigenvalue weighted by molar-refractivity contribution is 7.86. The Morgan fingerprint density at radius 3 is 1.25 bits per heavy atom. The summed E-state index contributed by atoms with van der Waals surface area (Å²) in [6.07, 6.45) is 0.207. The third kappa shape index (κ3) is 7.10. The van der Waals surface area contributed by atoms with Crippen molar-refractivity contribution in [1.29, 1.82) is 0 Å². The number of nitrogen functional groups attached to an aromatic ring is 2. The topological polar surface area (TPSA) is 205 Å². The van der Waals surface area contributed by atoms with Gasteiger partial charge in [-0.05, 0) is 124 Å². The van der Waals surface area contributed by atoms with Crippen molar-refractivity contribution in [2.75, 3.05) is 11.5 Å². The molecule has 65 heavy (non-hydrogen) atoms. The van der Waals surface area contributed by atoms with Crippen LogP contribution in [0.15, 0.2) is 168 Å². The summed E-state index contributed by atoms with van der Waals surface area (Å²) >= 11 is 0. The fraction of sp³-hybridized carbons (Fsp3) is 0.0196. The average Bonchev–Trinajstić information content (AvgIpc) is 3.63. The minimum Gasteiger partial charge on any atom is -0.456 e. The van der Waals surface area contributed by atoms with Gasteiger partial charge in [-0.25, -0.2) is 9.97 Å². The van der Waals surface area contributed by atoms with E-state index in [9.17, 15) is 25.9 Å². The molecule has 2 aromatic heterocycles. The van der Waals surface area contributed by atoms with E-state index < -0.39 is 30.0 Å². The molecule has 0 fully saturated rings. The first-order valence-electron chi connectivity index (χ1n) is 20.3. The predicted octanol–water partition coefficient (Wildman–Crippen LogP) is 11.2. The lowest BCUT2D eigenvalue weighted by Gasteiger charge is -2.15. The second-order valence-electron chi connectivity index (χ2n) is 15.9. The van der Waals surface area contributed by atoms with Crippen LogP contribution in [0.1, 0.15) is 11.1 Å². The van der Waals surface area contributed by atoms with Gasteiger partial charge >= 0.3 is 0 Å². The maximum Gasteiger partial charge on any atom is 0.298 e. The zero-order chi connectivity index (χ0) is 44.8. The molecule has 0 unspecified atom stereocenters. The Balaban J connectivity index is 0.994. The van der Waals surface area contributed by atoms with Gasteiger partial charge < -0.3 is 20.9 Å². The van der Waals surface area contributed by atoms with E-state index in [1.807, 2.05) is 97.1 Å². The van der Waals surface area contributed by atoms with E-state index in [4.69, 9.17) is 30.9 Å². The van der Waals surface area contributed by atoms with Crippen molar-refractivity contribution in [3.05, 3.63) is 169 Å². The van der Waals surface area contributed by atoms with Gasteiger partial charge in [-0.2, -0.15) is 16.8 Å². The van der Waals surface area contributed by atoms with Crippen LogP contribution in [0.3, 0.4) is 0 Å². The summed E-state index contributed by atoms with van der Waals surface area (Å²) in [5, 5.41) is 4.91. The number of hydrogen-bond donors (Lipinski definition) is 4. The van der Waals surface area contributed by atoms with Gasteiger partial charge in [-0.3, -0.25) is 9.11 Å². The molecule has 0 saturated heterocycles. The van der Waals surface area contributed by atoms with Crippen molar-refractivity contribution in [3.63, 3.8) is 0 Å². The van der Waals surface area contributed by atoms with Crippen molar-refractivity contribution in [3.8, 4) is 56.6 Å². The second-order valence-corrected chi connectivity index (χ2v) is 18.6. The fourth-order valence-electron chi connectivity index (χ4n) is 8.79. The SMILES string of the molecule is Nc1ccc2c(c1)nc(-c1ccccc1)c1cc(Oc3cc4c(cc3S(=O)(=O)O)-c3cc(S(=O)(=O)O)c(Oc5ccc6c(c5)c(-c5ccccc5)nc5cc(N)ccc56)cc3C4)ccc12. The van der Waals surface area contributed by atoms with Crippen molar-refractivity contribution < 1.29 is 35.4 Å². The summed E-state index contributed by atoms with van der Waals surface area (Å²) in [6, 6.07) is 46.4. The van der Waals surface area contributed by atoms with Crippen molar-refractivity contribution in [2.24, 2.45) is 0 Å². The Kier molecular flexibility index (Phi) is 9.13. The summed E-state index contributed by atoms with van der Waals surface area (Å²) in [5.41, 5.74) is 19.6. The molecule has 1 aliphatic carbocycles. The molecule has 0 radical (unpaired) electrons. The molecule has 2 heterocycles. The standard InChI is InChI=1S/C51H34N4O8S2/c52-32-11-15-38-36-17-13-34(24-42(36)50(54-44(38)22-32)28-7-3-1-4-8-28)62-46-20-30-19-31-21-47(49(65(59,60)61)27-41(31)40(30)26-48(46)64(56,57)58)63-35-14-18-37-39-16-12-33(53)23-45(39)55-51(43(37)25-35)29-9-5-2-6-10-29/h1-18,20-27H,19,52-53H2,(H,56,57,58)(H,59,60,61). The molecular weight excluding hydrogens is 861 g/mol. The summed E-state index contributed by atoms with van der Waals surface area (Å²) in [4.78, 5) is 8.84. The first-order chi connectivity index (χ1) is 31.2. The van der Waals surface area contributed by atoms with Crippen LogP contribution in [0.2, 0.25) is 0 Å². The first kappa shape index (κ1) is 39.9. The van der Waals surface area contributed by atoms with Crippen molar-refractivity contribution in [1.82, 2.24) is 9.97 Å². The molecule has 11 rings (SSSR count). The molecule has 0 spiro atoms. The molecule has 318 valence electrons. The lowest BCUT2D eigenvalue weighted by Crippen LogP contribution is -2.03. The lowest BCUT2D eigenvalue weighted by atomic mass is 9.99. The molecule has 0 aliphatic heterocycles. The Bertz CT molecular complexity index is 3630. The van der Waals surface area contributed by atoms with E-state index in [0.717, 1.165) is 43.4 Å². The zero-order valence-electron chi connectivity index (χ0n) is 33.9.